The summed E-state index contributed by atoms with van der Waals surface area (Å²) in [6.07, 6.45) is 1.03. The third-order valence-electron chi connectivity index (χ3n) is 5.11. The fraction of sp³-hybridized carbons (Fsp3) is 0.182. The Balaban J connectivity index is 1.72. The van der Waals surface area contributed by atoms with Crippen molar-refractivity contribution in [2.75, 3.05) is 12.0 Å². The molecule has 0 spiro atoms. The zero-order chi connectivity index (χ0) is 22.9. The maximum absolute atomic E-state index is 13.5. The number of carbonyl (C=O) groups excluding carboxylic acids is 2. The summed E-state index contributed by atoms with van der Waals surface area (Å²) in [6.45, 7) is -0.248. The highest BCUT2D eigenvalue weighted by molar-refractivity contribution is 7.89. The molecule has 3 aromatic rings. The van der Waals surface area contributed by atoms with Gasteiger partial charge in [0.05, 0.1) is 36.9 Å². The molecule has 8 nitrogen and oxygen atoms in total. The summed E-state index contributed by atoms with van der Waals surface area (Å²) in [5, 5.41) is 0. The van der Waals surface area contributed by atoms with Crippen LogP contribution >= 0.6 is 0 Å². The van der Waals surface area contributed by atoms with Gasteiger partial charge in [0.2, 0.25) is 15.9 Å². The molecule has 1 aliphatic heterocycles. The van der Waals surface area contributed by atoms with E-state index in [4.69, 9.17) is 9.15 Å². The molecule has 166 valence electrons. The van der Waals surface area contributed by atoms with Crippen molar-refractivity contribution in [3.05, 3.63) is 78.5 Å². The minimum Gasteiger partial charge on any atom is -0.497 e. The Labute approximate surface area is 183 Å². The van der Waals surface area contributed by atoms with Crippen molar-refractivity contribution >= 4 is 27.5 Å². The molecule has 4 rings (SSSR count). The van der Waals surface area contributed by atoms with Gasteiger partial charge in [0.1, 0.15) is 23.4 Å². The van der Waals surface area contributed by atoms with Crippen LogP contribution in [0.4, 0.5) is 10.1 Å². The number of amides is 2. The number of rotatable bonds is 7. The van der Waals surface area contributed by atoms with Crippen molar-refractivity contribution in [1.29, 1.82) is 0 Å². The van der Waals surface area contributed by atoms with Gasteiger partial charge in [-0.15, -0.1) is 0 Å². The lowest BCUT2D eigenvalue weighted by Crippen LogP contribution is -2.45. The molecule has 1 aromatic heterocycles. The van der Waals surface area contributed by atoms with Crippen LogP contribution in [0.5, 0.6) is 5.75 Å². The van der Waals surface area contributed by atoms with E-state index in [2.05, 4.69) is 0 Å². The Kier molecular flexibility index (Phi) is 5.81. The Morgan fingerprint density at radius 2 is 1.78 bits per heavy atom. The molecular formula is C22H19FN2O6S. The lowest BCUT2D eigenvalue weighted by molar-refractivity contribution is -0.122. The molecule has 1 unspecified atom stereocenters. The van der Waals surface area contributed by atoms with Crippen molar-refractivity contribution in [2.24, 2.45) is 0 Å². The third-order valence-corrected chi connectivity index (χ3v) is 6.98. The van der Waals surface area contributed by atoms with Gasteiger partial charge in [0, 0.05) is 0 Å². The highest BCUT2D eigenvalue weighted by Crippen LogP contribution is 2.31. The van der Waals surface area contributed by atoms with Crippen molar-refractivity contribution in [2.45, 2.75) is 23.9 Å². The van der Waals surface area contributed by atoms with Crippen LogP contribution in [0.3, 0.4) is 0 Å². The summed E-state index contributed by atoms with van der Waals surface area (Å²) in [5.74, 6) is -1.05. The molecule has 0 N–H and O–H groups in total. The van der Waals surface area contributed by atoms with Crippen LogP contribution < -0.4 is 9.64 Å². The lowest BCUT2D eigenvalue weighted by atomic mass is 10.2. The van der Waals surface area contributed by atoms with E-state index in [1.165, 1.54) is 49.8 Å². The smallest absolute Gasteiger partial charge is 0.252 e. The van der Waals surface area contributed by atoms with E-state index >= 15 is 0 Å². The summed E-state index contributed by atoms with van der Waals surface area (Å²) in [7, 11) is -2.74. The first-order valence-corrected chi connectivity index (χ1v) is 11.1. The first-order valence-electron chi connectivity index (χ1n) is 9.62. The van der Waals surface area contributed by atoms with Crippen LogP contribution in [0.15, 0.2) is 76.2 Å². The number of hydrogen-bond acceptors (Lipinski definition) is 6. The summed E-state index contributed by atoms with van der Waals surface area (Å²) in [4.78, 5) is 26.7. The van der Waals surface area contributed by atoms with Gasteiger partial charge in [-0.25, -0.2) is 17.7 Å². The Morgan fingerprint density at radius 1 is 1.09 bits per heavy atom. The summed E-state index contributed by atoms with van der Waals surface area (Å²) in [6, 6.07) is 12.4. The second-order valence-electron chi connectivity index (χ2n) is 7.07. The highest BCUT2D eigenvalue weighted by Gasteiger charge is 2.47. The van der Waals surface area contributed by atoms with E-state index in [9.17, 15) is 22.4 Å². The van der Waals surface area contributed by atoms with E-state index in [1.54, 1.807) is 12.1 Å². The van der Waals surface area contributed by atoms with E-state index in [0.717, 1.165) is 21.3 Å². The summed E-state index contributed by atoms with van der Waals surface area (Å²) < 4.78 is 51.6. The number of halogens is 1. The molecular weight excluding hydrogens is 439 g/mol. The monoisotopic (exact) mass is 458 g/mol. The normalized spacial score (nSPS) is 16.7. The molecule has 1 aliphatic rings. The molecule has 0 saturated carbocycles. The van der Waals surface area contributed by atoms with E-state index in [1.807, 2.05) is 0 Å². The molecule has 2 heterocycles. The quantitative estimate of drug-likeness (QED) is 0.505. The third kappa shape index (κ3) is 4.02. The van der Waals surface area contributed by atoms with Gasteiger partial charge in [-0.2, -0.15) is 4.31 Å². The number of hydrogen-bond donors (Lipinski definition) is 0. The first-order chi connectivity index (χ1) is 15.3. The number of furan rings is 1. The number of imide groups is 1. The van der Waals surface area contributed by atoms with Crippen molar-refractivity contribution in [3.8, 4) is 5.75 Å². The van der Waals surface area contributed by atoms with E-state index in [0.29, 0.717) is 11.5 Å². The molecule has 0 bridgehead atoms. The molecule has 1 atom stereocenters. The summed E-state index contributed by atoms with van der Waals surface area (Å²) in [5.41, 5.74) is 0.170. The number of carbonyl (C=O) groups is 2. The Bertz CT molecular complexity index is 1220. The number of anilines is 1. The van der Waals surface area contributed by atoms with Gasteiger partial charge in [0.15, 0.2) is 0 Å². The van der Waals surface area contributed by atoms with Gasteiger partial charge in [-0.3, -0.25) is 9.59 Å². The van der Waals surface area contributed by atoms with Crippen LogP contribution in [0.1, 0.15) is 12.2 Å². The number of sulfonamides is 1. The zero-order valence-electron chi connectivity index (χ0n) is 17.0. The van der Waals surface area contributed by atoms with Gasteiger partial charge in [-0.1, -0.05) is 0 Å². The molecule has 32 heavy (non-hydrogen) atoms. The van der Waals surface area contributed by atoms with Crippen molar-refractivity contribution in [1.82, 2.24) is 4.31 Å². The summed E-state index contributed by atoms with van der Waals surface area (Å²) >= 11 is 0. The number of nitrogens with zero attached hydrogens (tertiary/aromatic N) is 2. The molecule has 2 aromatic carbocycles. The largest absolute Gasteiger partial charge is 0.497 e. The number of benzene rings is 2. The van der Waals surface area contributed by atoms with Crippen LogP contribution in [0, 0.1) is 5.82 Å². The second-order valence-corrected chi connectivity index (χ2v) is 8.96. The maximum atomic E-state index is 13.5. The van der Waals surface area contributed by atoms with Crippen molar-refractivity contribution in [3.63, 3.8) is 0 Å². The van der Waals surface area contributed by atoms with Crippen LogP contribution in [0.2, 0.25) is 0 Å². The second kappa shape index (κ2) is 8.56. The van der Waals surface area contributed by atoms with Crippen LogP contribution in [0.25, 0.3) is 0 Å². The fourth-order valence-electron chi connectivity index (χ4n) is 3.50. The highest BCUT2D eigenvalue weighted by atomic mass is 32.2. The molecule has 1 saturated heterocycles. The van der Waals surface area contributed by atoms with Gasteiger partial charge in [0.25, 0.3) is 5.91 Å². The topological polar surface area (TPSA) is 97.1 Å². The number of methoxy groups -OCH3 is 1. The zero-order valence-corrected chi connectivity index (χ0v) is 17.8. The maximum Gasteiger partial charge on any atom is 0.252 e. The minimum absolute atomic E-state index is 0.0645. The SMILES string of the molecule is COc1ccc(S(=O)(=O)N(Cc2ccco2)C2CC(=O)N(c3ccc(F)cc3)C2=O)cc1. The van der Waals surface area contributed by atoms with Gasteiger partial charge < -0.3 is 9.15 Å². The van der Waals surface area contributed by atoms with Crippen LogP contribution in [-0.4, -0.2) is 37.7 Å². The van der Waals surface area contributed by atoms with E-state index in [-0.39, 0.29) is 23.5 Å². The molecule has 1 fully saturated rings. The number of ether oxygens (including phenoxy) is 1. The Hall–Kier alpha value is -3.50. The predicted molar refractivity (Wildman–Crippen MR) is 112 cm³/mol. The van der Waals surface area contributed by atoms with Gasteiger partial charge >= 0.3 is 0 Å². The van der Waals surface area contributed by atoms with Crippen molar-refractivity contribution < 1.29 is 31.6 Å². The molecule has 0 aliphatic carbocycles. The lowest BCUT2D eigenvalue weighted by Gasteiger charge is -2.26. The Morgan fingerprint density at radius 3 is 2.38 bits per heavy atom. The fourth-order valence-corrected chi connectivity index (χ4v) is 5.05. The average Bonchev–Trinajstić information content (AvgIpc) is 3.40. The molecule has 0 radical (unpaired) electrons. The molecule has 10 heteroatoms. The average molecular weight is 458 g/mol. The first kappa shape index (κ1) is 21.7. The molecule has 2 amide bonds. The predicted octanol–water partition coefficient (Wildman–Crippen LogP) is 2.95. The standard InChI is InChI=1S/C22H19FN2O6S/c1-30-17-8-10-19(11-9-17)32(28,29)24(14-18-3-2-12-31-18)20-13-21(26)25(22(20)27)16-6-4-15(23)5-7-16/h2-12,20H,13-14H2,1H3. The van der Waals surface area contributed by atoms with E-state index < -0.39 is 33.7 Å². The minimum atomic E-state index is -4.20. The van der Waals surface area contributed by atoms with Crippen LogP contribution in [-0.2, 0) is 26.2 Å². The van der Waals surface area contributed by atoms with Gasteiger partial charge in [-0.05, 0) is 60.7 Å².